The summed E-state index contributed by atoms with van der Waals surface area (Å²) in [6.07, 6.45) is 2.29. The zero-order chi connectivity index (χ0) is 19.8. The number of nitrogens with zero attached hydrogens (tertiary/aromatic N) is 2. The van der Waals surface area contributed by atoms with Crippen molar-refractivity contribution in [3.63, 3.8) is 0 Å². The van der Waals surface area contributed by atoms with Gasteiger partial charge < -0.3 is 9.15 Å². The largest absolute Gasteiger partial charge is 0.497 e. The van der Waals surface area contributed by atoms with Crippen LogP contribution in [0.3, 0.4) is 0 Å². The lowest BCUT2D eigenvalue weighted by atomic mass is 9.98. The van der Waals surface area contributed by atoms with Crippen molar-refractivity contribution >= 4 is 32.5 Å². The number of hydrogen-bond donors (Lipinski definition) is 0. The van der Waals surface area contributed by atoms with Gasteiger partial charge in [-0.15, -0.1) is 11.3 Å². The molecule has 148 valence electrons. The first-order chi connectivity index (χ1) is 14.2. The molecule has 2 aromatic carbocycles. The summed E-state index contributed by atoms with van der Waals surface area (Å²) >= 11 is 1.80. The smallest absolute Gasteiger partial charge is 0.336 e. The molecule has 0 bridgehead atoms. The molecule has 6 heteroatoms. The summed E-state index contributed by atoms with van der Waals surface area (Å²) in [6, 6.07) is 15.6. The van der Waals surface area contributed by atoms with E-state index in [4.69, 9.17) is 14.1 Å². The summed E-state index contributed by atoms with van der Waals surface area (Å²) in [5.41, 5.74) is 2.35. The second kappa shape index (κ2) is 7.61. The molecule has 1 saturated heterocycles. The highest BCUT2D eigenvalue weighted by Gasteiger charge is 2.24. The molecule has 0 N–H and O–H groups in total. The second-order valence-corrected chi connectivity index (χ2v) is 8.61. The van der Waals surface area contributed by atoms with E-state index in [9.17, 15) is 4.79 Å². The Balaban J connectivity index is 1.41. The van der Waals surface area contributed by atoms with Crippen LogP contribution in [0.1, 0.15) is 29.3 Å². The summed E-state index contributed by atoms with van der Waals surface area (Å²) in [4.78, 5) is 19.4. The third-order valence-electron chi connectivity index (χ3n) is 5.60. The quantitative estimate of drug-likeness (QED) is 0.456. The maximum Gasteiger partial charge on any atom is 0.336 e. The first kappa shape index (κ1) is 18.3. The molecule has 0 saturated carbocycles. The molecule has 3 heterocycles. The van der Waals surface area contributed by atoms with Crippen LogP contribution < -0.4 is 10.4 Å². The predicted octanol–water partition coefficient (Wildman–Crippen LogP) is 4.79. The van der Waals surface area contributed by atoms with E-state index in [1.54, 1.807) is 30.6 Å². The van der Waals surface area contributed by atoms with Crippen molar-refractivity contribution in [2.45, 2.75) is 25.3 Å². The molecule has 2 aromatic heterocycles. The Morgan fingerprint density at radius 3 is 3.00 bits per heavy atom. The normalized spacial score (nSPS) is 17.8. The highest BCUT2D eigenvalue weighted by Crippen LogP contribution is 2.34. The predicted molar refractivity (Wildman–Crippen MR) is 116 cm³/mol. The molecule has 1 aliphatic heterocycles. The van der Waals surface area contributed by atoms with Crippen molar-refractivity contribution < 1.29 is 9.15 Å². The minimum Gasteiger partial charge on any atom is -0.497 e. The van der Waals surface area contributed by atoms with Crippen LogP contribution in [0.2, 0.25) is 0 Å². The third-order valence-corrected chi connectivity index (χ3v) is 6.80. The first-order valence-corrected chi connectivity index (χ1v) is 10.7. The van der Waals surface area contributed by atoms with Gasteiger partial charge in [-0.2, -0.15) is 0 Å². The van der Waals surface area contributed by atoms with E-state index in [-0.39, 0.29) is 5.63 Å². The van der Waals surface area contributed by atoms with Gasteiger partial charge >= 0.3 is 5.63 Å². The number of benzene rings is 2. The van der Waals surface area contributed by atoms with Gasteiger partial charge in [0, 0.05) is 36.5 Å². The first-order valence-electron chi connectivity index (χ1n) is 9.88. The minimum atomic E-state index is -0.319. The Bertz CT molecular complexity index is 1200. The van der Waals surface area contributed by atoms with Gasteiger partial charge in [0.05, 0.1) is 22.3 Å². The second-order valence-electron chi connectivity index (χ2n) is 7.55. The molecule has 0 spiro atoms. The van der Waals surface area contributed by atoms with Gasteiger partial charge in [-0.25, -0.2) is 9.78 Å². The molecule has 0 unspecified atom stereocenters. The number of thiazole rings is 1. The number of aromatic nitrogens is 1. The molecule has 0 aliphatic carbocycles. The molecule has 0 radical (unpaired) electrons. The van der Waals surface area contributed by atoms with Crippen LogP contribution in [0.25, 0.3) is 21.2 Å². The zero-order valence-corrected chi connectivity index (χ0v) is 17.1. The SMILES string of the molecule is COc1ccc2c(CN3CCC[C@H](c4nc5ccccc5s4)C3)cc(=O)oc2c1. The summed E-state index contributed by atoms with van der Waals surface area (Å²) in [5.74, 6) is 1.12. The molecule has 0 amide bonds. The van der Waals surface area contributed by atoms with Crippen molar-refractivity contribution in [2.75, 3.05) is 20.2 Å². The fraction of sp³-hybridized carbons (Fsp3) is 0.304. The van der Waals surface area contributed by atoms with Gasteiger partial charge in [0.2, 0.25) is 0 Å². The van der Waals surface area contributed by atoms with Gasteiger partial charge in [0.25, 0.3) is 0 Å². The molecular formula is C23H22N2O3S. The molecule has 1 fully saturated rings. The lowest BCUT2D eigenvalue weighted by molar-refractivity contribution is 0.200. The highest BCUT2D eigenvalue weighted by atomic mass is 32.1. The molecular weight excluding hydrogens is 384 g/mol. The molecule has 5 nitrogen and oxygen atoms in total. The Kier molecular flexibility index (Phi) is 4.81. The number of piperidine rings is 1. The summed E-state index contributed by atoms with van der Waals surface area (Å²) < 4.78 is 11.9. The Hall–Kier alpha value is -2.70. The monoisotopic (exact) mass is 406 g/mol. The molecule has 5 rings (SSSR count). The van der Waals surface area contributed by atoms with Gasteiger partial charge in [-0.1, -0.05) is 12.1 Å². The van der Waals surface area contributed by atoms with Gasteiger partial charge in [0.1, 0.15) is 11.3 Å². The fourth-order valence-electron chi connectivity index (χ4n) is 4.17. The molecule has 4 aromatic rings. The average molecular weight is 407 g/mol. The van der Waals surface area contributed by atoms with E-state index in [1.165, 1.54) is 9.71 Å². The van der Waals surface area contributed by atoms with E-state index in [2.05, 4.69) is 23.1 Å². The van der Waals surface area contributed by atoms with Crippen LogP contribution in [-0.2, 0) is 6.54 Å². The lowest BCUT2D eigenvalue weighted by Crippen LogP contribution is -2.34. The van der Waals surface area contributed by atoms with Crippen LogP contribution in [0, 0.1) is 0 Å². The number of methoxy groups -OCH3 is 1. The van der Waals surface area contributed by atoms with Crippen LogP contribution in [0.5, 0.6) is 5.75 Å². The van der Waals surface area contributed by atoms with E-state index in [1.807, 2.05) is 18.2 Å². The van der Waals surface area contributed by atoms with Gasteiger partial charge in [0.15, 0.2) is 0 Å². The number of fused-ring (bicyclic) bond motifs is 2. The number of para-hydroxylation sites is 1. The lowest BCUT2D eigenvalue weighted by Gasteiger charge is -2.31. The van der Waals surface area contributed by atoms with Gasteiger partial charge in [-0.3, -0.25) is 4.90 Å². The number of rotatable bonds is 4. The molecule has 29 heavy (non-hydrogen) atoms. The van der Waals surface area contributed by atoms with Crippen molar-refractivity contribution in [1.82, 2.24) is 9.88 Å². The fourth-order valence-corrected chi connectivity index (χ4v) is 5.27. The average Bonchev–Trinajstić information content (AvgIpc) is 3.18. The van der Waals surface area contributed by atoms with E-state index in [0.717, 1.165) is 48.9 Å². The van der Waals surface area contributed by atoms with Crippen LogP contribution >= 0.6 is 11.3 Å². The summed E-state index contributed by atoms with van der Waals surface area (Å²) in [7, 11) is 1.61. The maximum atomic E-state index is 12.1. The zero-order valence-electron chi connectivity index (χ0n) is 16.3. The van der Waals surface area contributed by atoms with Crippen molar-refractivity contribution in [2.24, 2.45) is 0 Å². The highest BCUT2D eigenvalue weighted by molar-refractivity contribution is 7.18. The van der Waals surface area contributed by atoms with Crippen molar-refractivity contribution in [1.29, 1.82) is 0 Å². The standard InChI is InChI=1S/C23H22N2O3S/c1-27-17-8-9-18-16(11-22(26)28-20(18)12-17)14-25-10-4-5-15(13-25)23-24-19-6-2-3-7-21(19)29-23/h2-3,6-9,11-12,15H,4-5,10,13-14H2,1H3/t15-/m0/s1. The summed E-state index contributed by atoms with van der Waals surface area (Å²) in [5, 5.41) is 2.19. The maximum absolute atomic E-state index is 12.1. The third kappa shape index (κ3) is 3.66. The number of ether oxygens (including phenoxy) is 1. The van der Waals surface area contributed by atoms with Crippen LogP contribution in [-0.4, -0.2) is 30.1 Å². The van der Waals surface area contributed by atoms with E-state index >= 15 is 0 Å². The Morgan fingerprint density at radius 2 is 2.14 bits per heavy atom. The van der Waals surface area contributed by atoms with E-state index in [0.29, 0.717) is 17.3 Å². The Labute approximate surface area is 172 Å². The molecule has 1 atom stereocenters. The van der Waals surface area contributed by atoms with Crippen molar-refractivity contribution in [3.8, 4) is 5.75 Å². The number of likely N-dealkylation sites (tertiary alicyclic amines) is 1. The molecule has 1 aliphatic rings. The van der Waals surface area contributed by atoms with Crippen LogP contribution in [0.4, 0.5) is 0 Å². The topological polar surface area (TPSA) is 55.6 Å². The number of hydrogen-bond acceptors (Lipinski definition) is 6. The summed E-state index contributed by atoms with van der Waals surface area (Å²) in [6.45, 7) is 2.72. The minimum absolute atomic E-state index is 0.319. The Morgan fingerprint density at radius 1 is 1.24 bits per heavy atom. The van der Waals surface area contributed by atoms with Gasteiger partial charge in [-0.05, 0) is 49.2 Å². The van der Waals surface area contributed by atoms with Crippen LogP contribution in [0.15, 0.2) is 57.7 Å². The van der Waals surface area contributed by atoms with Crippen molar-refractivity contribution in [3.05, 3.63) is 69.5 Å². The van der Waals surface area contributed by atoms with E-state index < -0.39 is 0 Å².